The lowest BCUT2D eigenvalue weighted by molar-refractivity contribution is 0.0691. The number of para-hydroxylation sites is 1. The van der Waals surface area contributed by atoms with Crippen LogP contribution in [-0.2, 0) is 6.42 Å². The van der Waals surface area contributed by atoms with Gasteiger partial charge >= 0.3 is 0 Å². The maximum absolute atomic E-state index is 13.6. The van der Waals surface area contributed by atoms with Gasteiger partial charge in [-0.1, -0.05) is 32.0 Å². The summed E-state index contributed by atoms with van der Waals surface area (Å²) >= 11 is 0. The van der Waals surface area contributed by atoms with E-state index in [0.717, 1.165) is 35.6 Å². The van der Waals surface area contributed by atoms with Crippen molar-refractivity contribution in [3.63, 3.8) is 0 Å². The lowest BCUT2D eigenvalue weighted by Gasteiger charge is -2.35. The molecular formula is C22H25N5O. The number of carbonyl (C=O) groups is 1. The van der Waals surface area contributed by atoms with Crippen LogP contribution in [0.3, 0.4) is 0 Å². The molecule has 1 aliphatic rings. The average molecular weight is 375 g/mol. The number of imidazole rings is 1. The number of H-pyrrole nitrogens is 1. The number of anilines is 1. The molecule has 3 heterocycles. The van der Waals surface area contributed by atoms with E-state index in [0.29, 0.717) is 18.0 Å². The molecule has 4 rings (SSSR count). The Morgan fingerprint density at radius 2 is 2.14 bits per heavy atom. The minimum Gasteiger partial charge on any atom is -0.384 e. The van der Waals surface area contributed by atoms with E-state index in [2.05, 4.69) is 34.1 Å². The van der Waals surface area contributed by atoms with Crippen molar-refractivity contribution in [3.8, 4) is 0 Å². The van der Waals surface area contributed by atoms with E-state index in [1.807, 2.05) is 47.5 Å². The number of nitrogens with one attached hydrogen (secondary N) is 2. The van der Waals surface area contributed by atoms with Gasteiger partial charge in [-0.2, -0.15) is 0 Å². The fraction of sp³-hybridized carbons (Fsp3) is 0.318. The number of amides is 1. The van der Waals surface area contributed by atoms with E-state index in [1.165, 1.54) is 0 Å². The second-order valence-electron chi connectivity index (χ2n) is 7.52. The predicted molar refractivity (Wildman–Crippen MR) is 109 cm³/mol. The number of aromatic amines is 1. The summed E-state index contributed by atoms with van der Waals surface area (Å²) in [6, 6.07) is 11.4. The van der Waals surface area contributed by atoms with Gasteiger partial charge in [-0.3, -0.25) is 9.78 Å². The number of benzene rings is 1. The maximum atomic E-state index is 13.6. The van der Waals surface area contributed by atoms with Crippen molar-refractivity contribution in [2.24, 2.45) is 5.92 Å². The zero-order valence-corrected chi connectivity index (χ0v) is 16.2. The Bertz CT molecular complexity index is 950. The molecule has 0 spiro atoms. The van der Waals surface area contributed by atoms with Gasteiger partial charge in [0.1, 0.15) is 6.04 Å². The highest BCUT2D eigenvalue weighted by Crippen LogP contribution is 2.34. The third-order valence-corrected chi connectivity index (χ3v) is 5.04. The monoisotopic (exact) mass is 375 g/mol. The largest absolute Gasteiger partial charge is 0.384 e. The van der Waals surface area contributed by atoms with E-state index in [-0.39, 0.29) is 11.9 Å². The third kappa shape index (κ3) is 3.50. The van der Waals surface area contributed by atoms with Crippen LogP contribution in [0.2, 0.25) is 0 Å². The molecule has 1 unspecified atom stereocenters. The number of fused-ring (bicyclic) bond motifs is 1. The lowest BCUT2D eigenvalue weighted by atomic mass is 9.95. The van der Waals surface area contributed by atoms with Crippen LogP contribution in [0.1, 0.15) is 47.2 Å². The van der Waals surface area contributed by atoms with Crippen LogP contribution < -0.4 is 5.32 Å². The average Bonchev–Trinajstić information content (AvgIpc) is 3.20. The molecule has 1 amide bonds. The van der Waals surface area contributed by atoms with Gasteiger partial charge in [-0.05, 0) is 29.7 Å². The summed E-state index contributed by atoms with van der Waals surface area (Å²) < 4.78 is 0. The van der Waals surface area contributed by atoms with Crippen LogP contribution in [0.5, 0.6) is 0 Å². The minimum atomic E-state index is -0.241. The summed E-state index contributed by atoms with van der Waals surface area (Å²) in [5.74, 6) is 0.502. The van der Waals surface area contributed by atoms with Gasteiger partial charge in [0.2, 0.25) is 0 Å². The van der Waals surface area contributed by atoms with E-state index in [4.69, 9.17) is 0 Å². The van der Waals surface area contributed by atoms with Crippen LogP contribution in [0.25, 0.3) is 0 Å². The van der Waals surface area contributed by atoms with Crippen LogP contribution in [0.15, 0.2) is 55.1 Å². The molecule has 1 atom stereocenters. The second kappa shape index (κ2) is 7.84. The van der Waals surface area contributed by atoms with Crippen molar-refractivity contribution in [1.82, 2.24) is 19.9 Å². The summed E-state index contributed by atoms with van der Waals surface area (Å²) in [6.45, 7) is 5.76. The van der Waals surface area contributed by atoms with Gasteiger partial charge in [0.25, 0.3) is 5.91 Å². The molecule has 0 saturated heterocycles. The van der Waals surface area contributed by atoms with E-state index >= 15 is 0 Å². The Morgan fingerprint density at radius 3 is 2.93 bits per heavy atom. The summed E-state index contributed by atoms with van der Waals surface area (Å²) in [5.41, 5.74) is 4.52. The minimum absolute atomic E-state index is 0.00867. The number of carbonyl (C=O) groups excluding carboxylic acids is 1. The summed E-state index contributed by atoms with van der Waals surface area (Å²) in [5, 5.41) is 3.42. The first-order valence-electron chi connectivity index (χ1n) is 9.71. The molecule has 0 aliphatic carbocycles. The van der Waals surface area contributed by atoms with Crippen molar-refractivity contribution < 1.29 is 4.79 Å². The van der Waals surface area contributed by atoms with E-state index in [1.54, 1.807) is 12.5 Å². The molecule has 2 N–H and O–H groups in total. The standard InChI is InChI=1S/C22H25N5O/c1-15(2)12-24-18-8-4-3-7-17(18)22(28)27-11-9-19-20(26-14-25-19)21(27)16-6-5-10-23-13-16/h3-8,10,13-15,21,24H,9,11-12H2,1-2H3,(H,25,26). The van der Waals surface area contributed by atoms with Crippen molar-refractivity contribution >= 4 is 11.6 Å². The zero-order valence-electron chi connectivity index (χ0n) is 16.2. The van der Waals surface area contributed by atoms with Gasteiger partial charge in [0.05, 0.1) is 17.6 Å². The topological polar surface area (TPSA) is 73.9 Å². The highest BCUT2D eigenvalue weighted by Gasteiger charge is 2.35. The van der Waals surface area contributed by atoms with E-state index in [9.17, 15) is 4.79 Å². The first kappa shape index (κ1) is 18.2. The number of hydrogen-bond acceptors (Lipinski definition) is 4. The molecule has 6 nitrogen and oxygen atoms in total. The number of hydrogen-bond donors (Lipinski definition) is 2. The maximum Gasteiger partial charge on any atom is 0.256 e. The first-order chi connectivity index (χ1) is 13.6. The molecule has 3 aromatic rings. The molecule has 0 fully saturated rings. The van der Waals surface area contributed by atoms with Crippen molar-refractivity contribution in [1.29, 1.82) is 0 Å². The molecule has 0 bridgehead atoms. The molecule has 1 aromatic carbocycles. The highest BCUT2D eigenvalue weighted by atomic mass is 16.2. The molecular weight excluding hydrogens is 350 g/mol. The summed E-state index contributed by atoms with van der Waals surface area (Å²) in [4.78, 5) is 27.5. The first-order valence-corrected chi connectivity index (χ1v) is 9.71. The Labute approximate surface area is 165 Å². The second-order valence-corrected chi connectivity index (χ2v) is 7.52. The Kier molecular flexibility index (Phi) is 5.10. The van der Waals surface area contributed by atoms with Gasteiger partial charge in [-0.25, -0.2) is 4.98 Å². The van der Waals surface area contributed by atoms with Crippen LogP contribution in [0.4, 0.5) is 5.69 Å². The molecule has 144 valence electrons. The van der Waals surface area contributed by atoms with Crippen molar-refractivity contribution in [2.45, 2.75) is 26.3 Å². The van der Waals surface area contributed by atoms with Crippen LogP contribution in [-0.4, -0.2) is 38.8 Å². The van der Waals surface area contributed by atoms with Gasteiger partial charge in [0.15, 0.2) is 0 Å². The number of pyridine rings is 1. The summed E-state index contributed by atoms with van der Waals surface area (Å²) in [7, 11) is 0. The van der Waals surface area contributed by atoms with E-state index < -0.39 is 0 Å². The molecule has 6 heteroatoms. The molecule has 28 heavy (non-hydrogen) atoms. The van der Waals surface area contributed by atoms with Crippen LogP contribution >= 0.6 is 0 Å². The van der Waals surface area contributed by atoms with Crippen molar-refractivity contribution in [2.75, 3.05) is 18.4 Å². The smallest absolute Gasteiger partial charge is 0.256 e. The molecule has 1 aliphatic heterocycles. The summed E-state index contributed by atoms with van der Waals surface area (Å²) in [6.07, 6.45) is 6.03. The quantitative estimate of drug-likeness (QED) is 0.714. The third-order valence-electron chi connectivity index (χ3n) is 5.04. The normalized spacial score (nSPS) is 16.1. The Balaban J connectivity index is 1.71. The Hall–Kier alpha value is -3.15. The fourth-order valence-electron chi connectivity index (χ4n) is 3.66. The molecule has 0 radical (unpaired) electrons. The number of nitrogens with zero attached hydrogens (tertiary/aromatic N) is 3. The highest BCUT2D eigenvalue weighted by molar-refractivity contribution is 6.00. The molecule has 0 saturated carbocycles. The fourth-order valence-corrected chi connectivity index (χ4v) is 3.66. The predicted octanol–water partition coefficient (Wildman–Crippen LogP) is 3.66. The number of aromatic nitrogens is 3. The van der Waals surface area contributed by atoms with Gasteiger partial charge in [-0.15, -0.1) is 0 Å². The SMILES string of the molecule is CC(C)CNc1ccccc1C(=O)N1CCc2[nH]cnc2C1c1cccnc1. The lowest BCUT2D eigenvalue weighted by Crippen LogP contribution is -2.41. The van der Waals surface area contributed by atoms with Gasteiger partial charge < -0.3 is 15.2 Å². The Morgan fingerprint density at radius 1 is 1.29 bits per heavy atom. The molecule has 2 aromatic heterocycles. The number of rotatable bonds is 5. The van der Waals surface area contributed by atoms with Crippen LogP contribution in [0, 0.1) is 5.92 Å². The van der Waals surface area contributed by atoms with Gasteiger partial charge in [0, 0.05) is 43.3 Å². The zero-order chi connectivity index (χ0) is 19.5. The van der Waals surface area contributed by atoms with Crippen molar-refractivity contribution in [3.05, 3.63) is 77.6 Å².